The molecule has 15 heavy (non-hydrogen) atoms. The Morgan fingerprint density at radius 2 is 2.40 bits per heavy atom. The number of amides is 1. The number of nitrogens with zero attached hydrogens (tertiary/aromatic N) is 1. The van der Waals surface area contributed by atoms with Crippen molar-refractivity contribution in [2.75, 3.05) is 19.4 Å². The molecule has 1 atom stereocenters. The number of methoxy groups -OCH3 is 1. The maximum absolute atomic E-state index is 11.7. The number of carbonyl (C=O) groups excluding carboxylic acids is 1. The van der Waals surface area contributed by atoms with E-state index in [9.17, 15) is 4.79 Å². The Labute approximate surface area is 88.2 Å². The van der Waals surface area contributed by atoms with Crippen LogP contribution in [0.2, 0.25) is 0 Å². The molecule has 0 aromatic carbocycles. The predicted molar refractivity (Wildman–Crippen MR) is 56.5 cm³/mol. The second kappa shape index (κ2) is 4.79. The maximum atomic E-state index is 11.7. The van der Waals surface area contributed by atoms with Crippen LogP contribution in [-0.2, 0) is 4.74 Å². The molecule has 1 rings (SSSR count). The number of aromatic amines is 1. The molecular formula is C9H16N4O2. The fraction of sp³-hybridized carbons (Fsp3) is 0.556. The first-order valence-corrected chi connectivity index (χ1v) is 4.67. The van der Waals surface area contributed by atoms with Crippen molar-refractivity contribution in [3.8, 4) is 0 Å². The molecule has 0 bridgehead atoms. The second-order valence-electron chi connectivity index (χ2n) is 3.37. The number of aromatic nitrogens is 2. The first-order valence-electron chi connectivity index (χ1n) is 4.67. The van der Waals surface area contributed by atoms with Crippen molar-refractivity contribution in [1.29, 1.82) is 0 Å². The third-order valence-corrected chi connectivity index (χ3v) is 2.15. The van der Waals surface area contributed by atoms with Gasteiger partial charge in [-0.2, -0.15) is 5.10 Å². The summed E-state index contributed by atoms with van der Waals surface area (Å²) in [6.45, 7) is 4.06. The minimum absolute atomic E-state index is 0.0256. The van der Waals surface area contributed by atoms with Crippen LogP contribution < -0.4 is 11.1 Å². The number of nitrogens with one attached hydrogen (secondary N) is 2. The SMILES string of the molecule is COC(C)CNC(=O)c1c(N)n[nH]c1C. The summed E-state index contributed by atoms with van der Waals surface area (Å²) in [5.41, 5.74) is 6.61. The molecule has 0 fully saturated rings. The minimum atomic E-state index is -0.234. The van der Waals surface area contributed by atoms with Crippen molar-refractivity contribution in [2.24, 2.45) is 0 Å². The minimum Gasteiger partial charge on any atom is -0.382 e. The van der Waals surface area contributed by atoms with Gasteiger partial charge in [0.05, 0.1) is 6.10 Å². The normalized spacial score (nSPS) is 12.5. The zero-order valence-corrected chi connectivity index (χ0v) is 9.13. The molecule has 0 saturated heterocycles. The van der Waals surface area contributed by atoms with Crippen LogP contribution in [0.3, 0.4) is 0 Å². The molecule has 84 valence electrons. The molecule has 6 heteroatoms. The van der Waals surface area contributed by atoms with E-state index in [0.29, 0.717) is 17.8 Å². The topological polar surface area (TPSA) is 93.0 Å². The van der Waals surface area contributed by atoms with Gasteiger partial charge in [0.25, 0.3) is 5.91 Å². The van der Waals surface area contributed by atoms with Crippen molar-refractivity contribution < 1.29 is 9.53 Å². The zero-order chi connectivity index (χ0) is 11.4. The monoisotopic (exact) mass is 212 g/mol. The number of anilines is 1. The fourth-order valence-corrected chi connectivity index (χ4v) is 1.14. The van der Waals surface area contributed by atoms with Crippen LogP contribution in [0, 0.1) is 6.92 Å². The second-order valence-corrected chi connectivity index (χ2v) is 3.37. The van der Waals surface area contributed by atoms with E-state index in [2.05, 4.69) is 15.5 Å². The number of carbonyl (C=O) groups is 1. The fourth-order valence-electron chi connectivity index (χ4n) is 1.14. The van der Waals surface area contributed by atoms with Gasteiger partial charge in [-0.05, 0) is 13.8 Å². The molecule has 6 nitrogen and oxygen atoms in total. The summed E-state index contributed by atoms with van der Waals surface area (Å²) in [5, 5.41) is 9.11. The van der Waals surface area contributed by atoms with Gasteiger partial charge >= 0.3 is 0 Å². The number of aryl methyl sites for hydroxylation is 1. The van der Waals surface area contributed by atoms with E-state index in [0.717, 1.165) is 0 Å². The van der Waals surface area contributed by atoms with Gasteiger partial charge in [0, 0.05) is 19.3 Å². The summed E-state index contributed by atoms with van der Waals surface area (Å²) >= 11 is 0. The van der Waals surface area contributed by atoms with Crippen LogP contribution >= 0.6 is 0 Å². The summed E-state index contributed by atoms with van der Waals surface area (Å²) in [5.74, 6) is -0.0160. The van der Waals surface area contributed by atoms with E-state index in [1.54, 1.807) is 14.0 Å². The smallest absolute Gasteiger partial charge is 0.257 e. The summed E-state index contributed by atoms with van der Waals surface area (Å²) in [7, 11) is 1.59. The number of H-pyrrole nitrogens is 1. The molecule has 1 heterocycles. The lowest BCUT2D eigenvalue weighted by Gasteiger charge is -2.10. The van der Waals surface area contributed by atoms with Gasteiger partial charge in [-0.25, -0.2) is 0 Å². The molecule has 0 radical (unpaired) electrons. The lowest BCUT2D eigenvalue weighted by atomic mass is 10.2. The van der Waals surface area contributed by atoms with Gasteiger partial charge in [0.15, 0.2) is 5.82 Å². The average molecular weight is 212 g/mol. The predicted octanol–water partition coefficient (Wildman–Crippen LogP) is 0.0650. The molecule has 1 amide bonds. The first-order chi connectivity index (χ1) is 7.06. The molecule has 0 aliphatic rings. The number of rotatable bonds is 4. The van der Waals surface area contributed by atoms with Crippen molar-refractivity contribution in [2.45, 2.75) is 20.0 Å². The number of hydrogen-bond acceptors (Lipinski definition) is 4. The zero-order valence-electron chi connectivity index (χ0n) is 9.13. The third kappa shape index (κ3) is 2.69. The Kier molecular flexibility index (Phi) is 3.68. The van der Waals surface area contributed by atoms with Crippen LogP contribution in [-0.4, -0.2) is 35.9 Å². The van der Waals surface area contributed by atoms with Crippen molar-refractivity contribution in [3.63, 3.8) is 0 Å². The van der Waals surface area contributed by atoms with Crippen LogP contribution in [0.5, 0.6) is 0 Å². The highest BCUT2D eigenvalue weighted by Crippen LogP contribution is 2.11. The number of nitrogen functional groups attached to an aromatic ring is 1. The Balaban J connectivity index is 2.62. The summed E-state index contributed by atoms with van der Waals surface area (Å²) in [4.78, 5) is 11.7. The summed E-state index contributed by atoms with van der Waals surface area (Å²) < 4.78 is 5.01. The molecule has 4 N–H and O–H groups in total. The largest absolute Gasteiger partial charge is 0.382 e. The van der Waals surface area contributed by atoms with Crippen molar-refractivity contribution in [3.05, 3.63) is 11.3 Å². The highest BCUT2D eigenvalue weighted by Gasteiger charge is 2.16. The number of ether oxygens (including phenoxy) is 1. The molecule has 1 unspecified atom stereocenters. The van der Waals surface area contributed by atoms with E-state index < -0.39 is 0 Å². The van der Waals surface area contributed by atoms with Gasteiger partial charge in [0.1, 0.15) is 5.56 Å². The Bertz CT molecular complexity index is 328. The molecule has 0 spiro atoms. The van der Waals surface area contributed by atoms with Crippen LogP contribution in [0.25, 0.3) is 0 Å². The maximum Gasteiger partial charge on any atom is 0.257 e. The molecule has 1 aromatic rings. The standard InChI is InChI=1S/C9H16N4O2/c1-5(15-3)4-11-9(14)7-6(2)12-13-8(7)10/h5H,4H2,1-3H3,(H,11,14)(H3,10,12,13). The lowest BCUT2D eigenvalue weighted by Crippen LogP contribution is -2.32. The quantitative estimate of drug-likeness (QED) is 0.658. The van der Waals surface area contributed by atoms with E-state index in [-0.39, 0.29) is 17.8 Å². The highest BCUT2D eigenvalue weighted by molar-refractivity contribution is 5.99. The Hall–Kier alpha value is -1.56. The lowest BCUT2D eigenvalue weighted by molar-refractivity contribution is 0.0870. The number of nitrogens with two attached hydrogens (primary N) is 1. The highest BCUT2D eigenvalue weighted by atomic mass is 16.5. The summed E-state index contributed by atoms with van der Waals surface area (Å²) in [6, 6.07) is 0. The third-order valence-electron chi connectivity index (χ3n) is 2.15. The van der Waals surface area contributed by atoms with Gasteiger partial charge in [0.2, 0.25) is 0 Å². The van der Waals surface area contributed by atoms with Gasteiger partial charge < -0.3 is 15.8 Å². The summed E-state index contributed by atoms with van der Waals surface area (Å²) in [6.07, 6.45) is -0.0256. The van der Waals surface area contributed by atoms with E-state index >= 15 is 0 Å². The Morgan fingerprint density at radius 1 is 1.73 bits per heavy atom. The molecule has 0 aliphatic carbocycles. The average Bonchev–Trinajstić information content (AvgIpc) is 2.54. The van der Waals surface area contributed by atoms with E-state index in [1.807, 2.05) is 6.92 Å². The number of hydrogen-bond donors (Lipinski definition) is 3. The van der Waals surface area contributed by atoms with E-state index in [1.165, 1.54) is 0 Å². The van der Waals surface area contributed by atoms with E-state index in [4.69, 9.17) is 10.5 Å². The molecule has 1 aromatic heterocycles. The van der Waals surface area contributed by atoms with Gasteiger partial charge in [-0.3, -0.25) is 9.89 Å². The van der Waals surface area contributed by atoms with Crippen LogP contribution in [0.4, 0.5) is 5.82 Å². The van der Waals surface area contributed by atoms with Crippen molar-refractivity contribution >= 4 is 11.7 Å². The molecular weight excluding hydrogens is 196 g/mol. The molecule has 0 saturated carbocycles. The van der Waals surface area contributed by atoms with Crippen LogP contribution in [0.1, 0.15) is 23.0 Å². The van der Waals surface area contributed by atoms with Gasteiger partial charge in [-0.15, -0.1) is 0 Å². The molecule has 0 aliphatic heterocycles. The van der Waals surface area contributed by atoms with Gasteiger partial charge in [-0.1, -0.05) is 0 Å². The van der Waals surface area contributed by atoms with Crippen molar-refractivity contribution in [1.82, 2.24) is 15.5 Å². The van der Waals surface area contributed by atoms with Crippen LogP contribution in [0.15, 0.2) is 0 Å². The first kappa shape index (κ1) is 11.5. The Morgan fingerprint density at radius 3 is 2.87 bits per heavy atom.